The fraction of sp³-hybridized carbons (Fsp3) is 0.946. The number of carbonyl (C=O) groups excluding carboxylic acids is 2. The van der Waals surface area contributed by atoms with Crippen molar-refractivity contribution in [1.82, 2.24) is 0 Å². The molecule has 3 nitrogen and oxygen atoms in total. The first-order valence-electron chi connectivity index (χ1n) is 18.2. The molecular formula is C37H72O3. The van der Waals surface area contributed by atoms with Crippen LogP contribution < -0.4 is 0 Å². The van der Waals surface area contributed by atoms with Crippen LogP contribution in [0, 0.1) is 11.8 Å². The third-order valence-electron chi connectivity index (χ3n) is 9.10. The standard InChI is InChI=1S/C37H72O3/c1-4-6-8-10-17-23-29-35(31-25-19-13-12-16-22-28-34-38)36(30-24-18-11-9-7-5-2)32-26-20-14-15-21-27-33-37(39)40-3/h34-36H,4-33H2,1-3H3. The van der Waals surface area contributed by atoms with Gasteiger partial charge in [0, 0.05) is 12.8 Å². The van der Waals surface area contributed by atoms with E-state index in [9.17, 15) is 9.59 Å². The number of esters is 1. The van der Waals surface area contributed by atoms with Crippen LogP contribution in [0.2, 0.25) is 0 Å². The van der Waals surface area contributed by atoms with E-state index in [1.165, 1.54) is 168 Å². The summed E-state index contributed by atoms with van der Waals surface area (Å²) in [6.07, 6.45) is 40.3. The number of ether oxygens (including phenoxy) is 1. The molecule has 0 rings (SSSR count). The summed E-state index contributed by atoms with van der Waals surface area (Å²) in [4.78, 5) is 21.9. The van der Waals surface area contributed by atoms with Crippen LogP contribution in [0.15, 0.2) is 0 Å². The topological polar surface area (TPSA) is 43.4 Å². The van der Waals surface area contributed by atoms with Crippen molar-refractivity contribution in [2.75, 3.05) is 7.11 Å². The van der Waals surface area contributed by atoms with Gasteiger partial charge in [0.05, 0.1) is 7.11 Å². The number of rotatable bonds is 33. The Labute approximate surface area is 251 Å². The molecule has 238 valence electrons. The van der Waals surface area contributed by atoms with Crippen LogP contribution in [0.25, 0.3) is 0 Å². The largest absolute Gasteiger partial charge is 0.469 e. The maximum atomic E-state index is 11.3. The van der Waals surface area contributed by atoms with E-state index in [1.54, 1.807) is 0 Å². The fourth-order valence-corrected chi connectivity index (χ4v) is 6.43. The molecule has 0 radical (unpaired) electrons. The van der Waals surface area contributed by atoms with Crippen molar-refractivity contribution in [1.29, 1.82) is 0 Å². The minimum Gasteiger partial charge on any atom is -0.469 e. The van der Waals surface area contributed by atoms with Gasteiger partial charge >= 0.3 is 5.97 Å². The van der Waals surface area contributed by atoms with E-state index in [-0.39, 0.29) is 5.97 Å². The van der Waals surface area contributed by atoms with Crippen molar-refractivity contribution in [3.8, 4) is 0 Å². The van der Waals surface area contributed by atoms with Gasteiger partial charge in [0.1, 0.15) is 6.29 Å². The van der Waals surface area contributed by atoms with Crippen LogP contribution in [-0.4, -0.2) is 19.4 Å². The van der Waals surface area contributed by atoms with Gasteiger partial charge in [0.15, 0.2) is 0 Å². The van der Waals surface area contributed by atoms with Crippen molar-refractivity contribution in [3.05, 3.63) is 0 Å². The maximum Gasteiger partial charge on any atom is 0.305 e. The minimum absolute atomic E-state index is 0.0631. The predicted molar refractivity (Wildman–Crippen MR) is 175 cm³/mol. The Kier molecular flexibility index (Phi) is 31.9. The summed E-state index contributed by atoms with van der Waals surface area (Å²) in [6, 6.07) is 0. The molecule has 0 aliphatic carbocycles. The molecule has 0 aliphatic heterocycles. The smallest absolute Gasteiger partial charge is 0.305 e. The fourth-order valence-electron chi connectivity index (χ4n) is 6.43. The van der Waals surface area contributed by atoms with E-state index < -0.39 is 0 Å². The number of aldehydes is 1. The van der Waals surface area contributed by atoms with Crippen LogP contribution in [0.4, 0.5) is 0 Å². The summed E-state index contributed by atoms with van der Waals surface area (Å²) in [6.45, 7) is 4.63. The molecule has 0 heterocycles. The summed E-state index contributed by atoms with van der Waals surface area (Å²) < 4.78 is 4.77. The lowest BCUT2D eigenvalue weighted by molar-refractivity contribution is -0.140. The average molecular weight is 565 g/mol. The Morgan fingerprint density at radius 3 is 1.18 bits per heavy atom. The van der Waals surface area contributed by atoms with E-state index in [0.717, 1.165) is 43.8 Å². The van der Waals surface area contributed by atoms with Gasteiger partial charge in [-0.05, 0) is 24.7 Å². The molecule has 0 N–H and O–H groups in total. The first-order chi connectivity index (χ1) is 19.7. The molecule has 0 aromatic carbocycles. The molecule has 0 bridgehead atoms. The van der Waals surface area contributed by atoms with E-state index in [1.807, 2.05) is 0 Å². The zero-order chi connectivity index (χ0) is 29.4. The number of methoxy groups -OCH3 is 1. The molecular weight excluding hydrogens is 492 g/mol. The average Bonchev–Trinajstić information content (AvgIpc) is 2.97. The Balaban J connectivity index is 4.71. The van der Waals surface area contributed by atoms with Gasteiger partial charge in [-0.1, -0.05) is 181 Å². The van der Waals surface area contributed by atoms with Crippen LogP contribution in [0.5, 0.6) is 0 Å². The quantitative estimate of drug-likeness (QED) is 0.0452. The lowest BCUT2D eigenvalue weighted by Gasteiger charge is -2.28. The van der Waals surface area contributed by atoms with Gasteiger partial charge in [-0.15, -0.1) is 0 Å². The number of hydrogen-bond donors (Lipinski definition) is 0. The van der Waals surface area contributed by atoms with Crippen molar-refractivity contribution >= 4 is 12.3 Å². The summed E-state index contributed by atoms with van der Waals surface area (Å²) in [7, 11) is 1.49. The van der Waals surface area contributed by atoms with Crippen molar-refractivity contribution in [3.63, 3.8) is 0 Å². The normalized spacial score (nSPS) is 12.9. The van der Waals surface area contributed by atoms with Gasteiger partial charge in [0.2, 0.25) is 0 Å². The van der Waals surface area contributed by atoms with E-state index >= 15 is 0 Å². The monoisotopic (exact) mass is 565 g/mol. The summed E-state index contributed by atoms with van der Waals surface area (Å²) >= 11 is 0. The molecule has 0 spiro atoms. The summed E-state index contributed by atoms with van der Waals surface area (Å²) in [5.74, 6) is 1.79. The second-order valence-corrected chi connectivity index (χ2v) is 12.7. The Morgan fingerprint density at radius 1 is 0.500 bits per heavy atom. The highest BCUT2D eigenvalue weighted by Crippen LogP contribution is 2.33. The van der Waals surface area contributed by atoms with E-state index in [4.69, 9.17) is 4.74 Å². The highest BCUT2D eigenvalue weighted by atomic mass is 16.5. The van der Waals surface area contributed by atoms with Crippen LogP contribution in [-0.2, 0) is 14.3 Å². The van der Waals surface area contributed by atoms with Crippen LogP contribution in [0.1, 0.15) is 206 Å². The molecule has 0 aromatic heterocycles. The SMILES string of the molecule is CCCCCCCCC(CCCCCCCCC=O)C(CCCCCCCC)CCCCCCCCC(=O)OC. The Hall–Kier alpha value is -0.860. The Bertz CT molecular complexity index is 518. The molecule has 2 unspecified atom stereocenters. The second kappa shape index (κ2) is 32.7. The second-order valence-electron chi connectivity index (χ2n) is 12.7. The molecule has 0 amide bonds. The predicted octanol–water partition coefficient (Wildman–Crippen LogP) is 12.3. The zero-order valence-corrected chi connectivity index (χ0v) is 27.7. The van der Waals surface area contributed by atoms with Crippen molar-refractivity contribution < 1.29 is 14.3 Å². The lowest BCUT2D eigenvalue weighted by Crippen LogP contribution is -2.16. The molecule has 0 aliphatic rings. The maximum absolute atomic E-state index is 11.3. The first kappa shape index (κ1) is 39.1. The zero-order valence-electron chi connectivity index (χ0n) is 27.7. The molecule has 40 heavy (non-hydrogen) atoms. The van der Waals surface area contributed by atoms with Crippen LogP contribution >= 0.6 is 0 Å². The highest BCUT2D eigenvalue weighted by molar-refractivity contribution is 5.68. The number of carbonyl (C=O) groups is 2. The molecule has 0 fully saturated rings. The van der Waals surface area contributed by atoms with E-state index in [0.29, 0.717) is 6.42 Å². The Morgan fingerprint density at radius 2 is 0.825 bits per heavy atom. The third kappa shape index (κ3) is 27.3. The van der Waals surface area contributed by atoms with Gasteiger partial charge in [0.25, 0.3) is 0 Å². The lowest BCUT2D eigenvalue weighted by atomic mass is 9.78. The highest BCUT2D eigenvalue weighted by Gasteiger charge is 2.20. The first-order valence-corrected chi connectivity index (χ1v) is 18.2. The molecule has 0 aromatic rings. The van der Waals surface area contributed by atoms with Crippen molar-refractivity contribution in [2.45, 2.75) is 206 Å². The third-order valence-corrected chi connectivity index (χ3v) is 9.10. The number of hydrogen-bond acceptors (Lipinski definition) is 3. The van der Waals surface area contributed by atoms with Gasteiger partial charge in [-0.25, -0.2) is 0 Å². The van der Waals surface area contributed by atoms with Gasteiger partial charge in [-0.3, -0.25) is 4.79 Å². The van der Waals surface area contributed by atoms with E-state index in [2.05, 4.69) is 13.8 Å². The molecule has 2 atom stereocenters. The minimum atomic E-state index is -0.0631. The molecule has 0 saturated carbocycles. The molecule has 0 saturated heterocycles. The van der Waals surface area contributed by atoms with Crippen molar-refractivity contribution in [2.24, 2.45) is 11.8 Å². The molecule has 3 heteroatoms. The van der Waals surface area contributed by atoms with Gasteiger partial charge < -0.3 is 9.53 Å². The van der Waals surface area contributed by atoms with Gasteiger partial charge in [-0.2, -0.15) is 0 Å². The number of unbranched alkanes of at least 4 members (excludes halogenated alkanes) is 21. The summed E-state index contributed by atoms with van der Waals surface area (Å²) in [5.41, 5.74) is 0. The summed E-state index contributed by atoms with van der Waals surface area (Å²) in [5, 5.41) is 0. The van der Waals surface area contributed by atoms with Crippen LogP contribution in [0.3, 0.4) is 0 Å².